The number of hydrogen-bond donors (Lipinski definition) is 0. The summed E-state index contributed by atoms with van der Waals surface area (Å²) in [5.74, 6) is 6.91. The lowest BCUT2D eigenvalue weighted by molar-refractivity contribution is -0.0233. The van der Waals surface area contributed by atoms with Crippen molar-refractivity contribution in [1.82, 2.24) is 9.88 Å². The van der Waals surface area contributed by atoms with Crippen LogP contribution in [0, 0.1) is 23.2 Å². The number of ether oxygens (including phenoxy) is 1. The maximum Gasteiger partial charge on any atom is 0.128 e. The van der Waals surface area contributed by atoms with Crippen LogP contribution in [0.3, 0.4) is 0 Å². The molecule has 26 heavy (non-hydrogen) atoms. The summed E-state index contributed by atoms with van der Waals surface area (Å²) in [7, 11) is 0. The van der Waals surface area contributed by atoms with Crippen molar-refractivity contribution in [2.24, 2.45) is 0 Å². The molecule has 1 saturated heterocycles. The quantitative estimate of drug-likeness (QED) is 0.588. The Bertz CT molecular complexity index is 649. The van der Waals surface area contributed by atoms with Gasteiger partial charge in [-0.25, -0.2) is 0 Å². The maximum absolute atomic E-state index is 8.79. The molecule has 1 aromatic heterocycles. The van der Waals surface area contributed by atoms with E-state index < -0.39 is 0 Å². The summed E-state index contributed by atoms with van der Waals surface area (Å²) in [4.78, 5) is 6.78. The van der Waals surface area contributed by atoms with Crippen molar-refractivity contribution >= 4 is 0 Å². The molecule has 0 N–H and O–H groups in total. The number of hydrogen-bond acceptors (Lipinski definition) is 4. The van der Waals surface area contributed by atoms with Gasteiger partial charge in [0, 0.05) is 18.4 Å². The van der Waals surface area contributed by atoms with Crippen LogP contribution in [-0.4, -0.2) is 35.2 Å². The van der Waals surface area contributed by atoms with E-state index in [2.05, 4.69) is 33.9 Å². The molecule has 0 bridgehead atoms. The predicted octanol–water partition coefficient (Wildman–Crippen LogP) is 4.25. The van der Waals surface area contributed by atoms with Gasteiger partial charge in [-0.1, -0.05) is 30.7 Å². The van der Waals surface area contributed by atoms with E-state index in [1.54, 1.807) is 0 Å². The highest BCUT2D eigenvalue weighted by molar-refractivity contribution is 5.19. The fourth-order valence-electron chi connectivity index (χ4n) is 4.15. The molecule has 0 aromatic carbocycles. The first-order valence-corrected chi connectivity index (χ1v) is 9.98. The lowest BCUT2D eigenvalue weighted by atomic mass is 9.85. The molecule has 1 saturated carbocycles. The topological polar surface area (TPSA) is 49.1 Å². The zero-order chi connectivity index (χ0) is 18.1. The van der Waals surface area contributed by atoms with E-state index in [0.29, 0.717) is 19.1 Å². The van der Waals surface area contributed by atoms with Crippen LogP contribution in [0.4, 0.5) is 0 Å². The van der Waals surface area contributed by atoms with E-state index in [-0.39, 0.29) is 5.60 Å². The second-order valence-corrected chi connectivity index (χ2v) is 7.38. The second-order valence-electron chi connectivity index (χ2n) is 7.38. The molecule has 3 rings (SSSR count). The molecule has 1 aliphatic carbocycles. The van der Waals surface area contributed by atoms with Crippen LogP contribution in [0.2, 0.25) is 0 Å². The number of pyridine rings is 1. The summed E-state index contributed by atoms with van der Waals surface area (Å²) in [6.07, 6.45) is 13.6. The van der Waals surface area contributed by atoms with E-state index in [1.165, 1.54) is 44.1 Å². The van der Waals surface area contributed by atoms with Crippen LogP contribution in [0.5, 0.6) is 0 Å². The average molecular weight is 351 g/mol. The lowest BCUT2D eigenvalue weighted by Gasteiger charge is -2.35. The van der Waals surface area contributed by atoms with Crippen LogP contribution < -0.4 is 0 Å². The molecule has 4 heteroatoms. The van der Waals surface area contributed by atoms with Gasteiger partial charge in [-0.15, -0.1) is 0 Å². The summed E-state index contributed by atoms with van der Waals surface area (Å²) >= 11 is 0. The molecular weight excluding hydrogens is 322 g/mol. The van der Waals surface area contributed by atoms with Gasteiger partial charge in [-0.2, -0.15) is 5.26 Å². The van der Waals surface area contributed by atoms with Crippen molar-refractivity contribution in [1.29, 1.82) is 5.26 Å². The van der Waals surface area contributed by atoms with Gasteiger partial charge in [0.25, 0.3) is 0 Å². The van der Waals surface area contributed by atoms with Gasteiger partial charge in [0.05, 0.1) is 25.6 Å². The lowest BCUT2D eigenvalue weighted by Crippen LogP contribution is -2.36. The Balaban J connectivity index is 1.66. The van der Waals surface area contributed by atoms with Crippen molar-refractivity contribution in [3.63, 3.8) is 0 Å². The van der Waals surface area contributed by atoms with Crippen molar-refractivity contribution in [3.05, 3.63) is 30.1 Å². The van der Waals surface area contributed by atoms with Crippen LogP contribution in [0.15, 0.2) is 24.5 Å². The van der Waals surface area contributed by atoms with E-state index in [9.17, 15) is 0 Å². The molecule has 2 fully saturated rings. The van der Waals surface area contributed by atoms with E-state index in [4.69, 9.17) is 10.00 Å². The fraction of sp³-hybridized carbons (Fsp3) is 0.636. The predicted molar refractivity (Wildman–Crippen MR) is 102 cm³/mol. The molecule has 1 atom stereocenters. The molecule has 1 unspecified atom stereocenters. The Kier molecular flexibility index (Phi) is 7.06. The first kappa shape index (κ1) is 18.9. The van der Waals surface area contributed by atoms with Gasteiger partial charge >= 0.3 is 0 Å². The normalized spacial score (nSPS) is 22.8. The Hall–Kier alpha value is -1.88. The smallest absolute Gasteiger partial charge is 0.128 e. The van der Waals surface area contributed by atoms with E-state index in [1.807, 2.05) is 18.5 Å². The minimum atomic E-state index is -0.325. The molecule has 4 nitrogen and oxygen atoms in total. The standard InChI is InChI=1S/C22H29N3O/c23-14-8-18-26-22(11-3-1-4-12-22)13-7-17-25-16-5-2-10-21(25)20-9-6-15-24-19-20/h6,9,15,19,21H,1-5,8,10-12,16-18H2. The van der Waals surface area contributed by atoms with Gasteiger partial charge < -0.3 is 4.74 Å². The SMILES string of the molecule is N#CCCOC1(C#CCN2CCCCC2c2cccnc2)CCCCC1. The highest BCUT2D eigenvalue weighted by Crippen LogP contribution is 2.32. The van der Waals surface area contributed by atoms with Gasteiger partial charge in [0.1, 0.15) is 5.60 Å². The Labute approximate surface area is 157 Å². The Morgan fingerprint density at radius 1 is 1.23 bits per heavy atom. The molecule has 1 aliphatic heterocycles. The molecule has 138 valence electrons. The molecule has 0 amide bonds. The second kappa shape index (κ2) is 9.72. The van der Waals surface area contributed by atoms with Crippen molar-refractivity contribution in [2.75, 3.05) is 19.7 Å². The Morgan fingerprint density at radius 2 is 2.12 bits per heavy atom. The number of likely N-dealkylation sites (tertiary alicyclic amines) is 1. The van der Waals surface area contributed by atoms with Crippen molar-refractivity contribution < 1.29 is 4.74 Å². The number of piperidine rings is 1. The number of aromatic nitrogens is 1. The molecular formula is C22H29N3O. The molecule has 2 aliphatic rings. The van der Waals surface area contributed by atoms with Crippen LogP contribution >= 0.6 is 0 Å². The third kappa shape index (κ3) is 5.07. The molecule has 1 aromatic rings. The summed E-state index contributed by atoms with van der Waals surface area (Å²) in [5, 5.41) is 8.79. The van der Waals surface area contributed by atoms with Crippen LogP contribution in [0.1, 0.15) is 69.4 Å². The first-order valence-electron chi connectivity index (χ1n) is 9.98. The van der Waals surface area contributed by atoms with Crippen LogP contribution in [0.25, 0.3) is 0 Å². The summed E-state index contributed by atoms with van der Waals surface area (Å²) in [5.41, 5.74) is 0.973. The van der Waals surface area contributed by atoms with E-state index in [0.717, 1.165) is 25.9 Å². The van der Waals surface area contributed by atoms with E-state index >= 15 is 0 Å². The average Bonchev–Trinajstić information content (AvgIpc) is 2.70. The zero-order valence-electron chi connectivity index (χ0n) is 15.6. The fourth-order valence-corrected chi connectivity index (χ4v) is 4.15. The summed E-state index contributed by atoms with van der Waals surface area (Å²) in [6, 6.07) is 6.79. The van der Waals surface area contributed by atoms with Crippen LogP contribution in [-0.2, 0) is 4.74 Å². The third-order valence-corrected chi connectivity index (χ3v) is 5.53. The number of nitrogens with zero attached hydrogens (tertiary/aromatic N) is 3. The van der Waals surface area contributed by atoms with Crippen molar-refractivity contribution in [3.8, 4) is 17.9 Å². The number of nitriles is 1. The van der Waals surface area contributed by atoms with Gasteiger partial charge in [0.15, 0.2) is 0 Å². The maximum atomic E-state index is 8.79. The first-order chi connectivity index (χ1) is 12.8. The largest absolute Gasteiger partial charge is 0.361 e. The highest BCUT2D eigenvalue weighted by Gasteiger charge is 2.31. The van der Waals surface area contributed by atoms with Crippen molar-refractivity contribution in [2.45, 2.75) is 69.4 Å². The third-order valence-electron chi connectivity index (χ3n) is 5.53. The van der Waals surface area contributed by atoms with Gasteiger partial charge in [0.2, 0.25) is 0 Å². The van der Waals surface area contributed by atoms with Gasteiger partial charge in [-0.3, -0.25) is 9.88 Å². The number of rotatable bonds is 5. The minimum absolute atomic E-state index is 0.325. The molecule has 0 spiro atoms. The molecule has 0 radical (unpaired) electrons. The van der Waals surface area contributed by atoms with Gasteiger partial charge in [-0.05, 0) is 56.7 Å². The Morgan fingerprint density at radius 3 is 2.88 bits per heavy atom. The molecule has 2 heterocycles. The summed E-state index contributed by atoms with van der Waals surface area (Å²) in [6.45, 7) is 2.37. The summed E-state index contributed by atoms with van der Waals surface area (Å²) < 4.78 is 6.09. The minimum Gasteiger partial charge on any atom is -0.361 e. The monoisotopic (exact) mass is 351 g/mol. The highest BCUT2D eigenvalue weighted by atomic mass is 16.5. The zero-order valence-corrected chi connectivity index (χ0v) is 15.6.